The number of aromatic nitrogens is 3. The maximum absolute atomic E-state index is 13.9. The molecule has 10 nitrogen and oxygen atoms in total. The van der Waals surface area contributed by atoms with Gasteiger partial charge in [-0.1, -0.05) is 11.3 Å². The van der Waals surface area contributed by atoms with Crippen molar-refractivity contribution in [2.45, 2.75) is 6.36 Å². The van der Waals surface area contributed by atoms with Gasteiger partial charge in [-0.2, -0.15) is 0 Å². The van der Waals surface area contributed by atoms with Gasteiger partial charge in [0.05, 0.1) is 26.8 Å². The van der Waals surface area contributed by atoms with Crippen molar-refractivity contribution < 1.29 is 37.0 Å². The van der Waals surface area contributed by atoms with Crippen molar-refractivity contribution in [2.75, 3.05) is 26.5 Å². The number of hydrogen-bond donors (Lipinski definition) is 3. The number of carboxylic acid groups (broad SMARTS) is 1. The minimum absolute atomic E-state index is 0.0694. The Balaban J connectivity index is 0.000000454. The molecule has 0 unspecified atom stereocenters. The number of aryl methyl sites for hydroxylation is 1. The number of thiazole rings is 1. The number of alkyl halides is 3. The number of halogens is 4. The second-order valence-corrected chi connectivity index (χ2v) is 8.42. The fourth-order valence-corrected chi connectivity index (χ4v) is 3.85. The lowest BCUT2D eigenvalue weighted by atomic mass is 10.2. The van der Waals surface area contributed by atoms with E-state index in [1.807, 2.05) is 0 Å². The molecule has 3 N–H and O–H groups in total. The lowest BCUT2D eigenvalue weighted by Gasteiger charge is -2.07. The number of nitrogens with zero attached hydrogens (tertiary/aromatic N) is 4. The molecule has 0 saturated carbocycles. The van der Waals surface area contributed by atoms with Gasteiger partial charge in [0, 0.05) is 40.3 Å². The van der Waals surface area contributed by atoms with Crippen LogP contribution >= 0.6 is 11.3 Å². The summed E-state index contributed by atoms with van der Waals surface area (Å²) >= 11 is 1.07. The number of carbonyl (C=O) groups excluding carboxylic acids is 1. The summed E-state index contributed by atoms with van der Waals surface area (Å²) in [6.07, 6.45) is -4.80. The number of ether oxygens (including phenoxy) is 1. The van der Waals surface area contributed by atoms with Gasteiger partial charge in [0.2, 0.25) is 5.95 Å². The number of nitrogens with one attached hydrogen (secondary N) is 2. The van der Waals surface area contributed by atoms with Gasteiger partial charge in [-0.15, -0.1) is 13.2 Å². The standard InChI is InChI=1S/C17H10F4N4O3S.C4H10N2O/c1-25-12-6-9(18)8(14(26)27)5-11(12)22-15(25)24-16-23-10-3-2-7(4-13(10)29-16)28-17(19,20)21;1-5-4(7)6(2)3/h2-6H,1H3,(H,26,27)(H,22,23,24);1-3H3,(H,5,7). The van der Waals surface area contributed by atoms with Crippen molar-refractivity contribution in [3.8, 4) is 5.75 Å². The number of carboxylic acids is 1. The van der Waals surface area contributed by atoms with Crippen molar-refractivity contribution >= 4 is 55.7 Å². The van der Waals surface area contributed by atoms with Gasteiger partial charge in [-0.05, 0) is 18.2 Å². The number of imidazole rings is 1. The van der Waals surface area contributed by atoms with E-state index < -0.39 is 23.7 Å². The highest BCUT2D eigenvalue weighted by Gasteiger charge is 2.31. The summed E-state index contributed by atoms with van der Waals surface area (Å²) in [6, 6.07) is 5.88. The van der Waals surface area contributed by atoms with Gasteiger partial charge in [-0.25, -0.2) is 23.9 Å². The molecule has 0 radical (unpaired) electrons. The molecule has 2 amide bonds. The van der Waals surface area contributed by atoms with Crippen LogP contribution in [0.25, 0.3) is 21.3 Å². The van der Waals surface area contributed by atoms with Crippen molar-refractivity contribution in [2.24, 2.45) is 7.05 Å². The Bertz CT molecular complexity index is 1430. The molecule has 0 aliphatic rings. The topological polar surface area (TPSA) is 122 Å². The summed E-state index contributed by atoms with van der Waals surface area (Å²) in [5.74, 6) is -2.41. The molecular weight excluding hydrogens is 508 g/mol. The van der Waals surface area contributed by atoms with Crippen LogP contribution in [-0.4, -0.2) is 64.0 Å². The maximum atomic E-state index is 13.9. The number of anilines is 2. The third kappa shape index (κ3) is 6.10. The minimum Gasteiger partial charge on any atom is -0.478 e. The third-order valence-electron chi connectivity index (χ3n) is 4.63. The highest BCUT2D eigenvalue weighted by atomic mass is 32.1. The van der Waals surface area contributed by atoms with Crippen molar-refractivity contribution in [3.63, 3.8) is 0 Å². The normalized spacial score (nSPS) is 11.1. The SMILES string of the molecule is CNC(=O)N(C)C.Cn1c(Nc2nc3ccc(OC(F)(F)F)cc3s2)nc2cc(C(=O)O)c(F)cc21. The van der Waals surface area contributed by atoms with Crippen molar-refractivity contribution in [1.82, 2.24) is 24.8 Å². The Morgan fingerprint density at radius 3 is 2.39 bits per heavy atom. The van der Waals surface area contributed by atoms with Crippen LogP contribution in [0, 0.1) is 5.82 Å². The molecule has 36 heavy (non-hydrogen) atoms. The molecule has 0 aliphatic heterocycles. The third-order valence-corrected chi connectivity index (χ3v) is 5.57. The average molecular weight is 528 g/mol. The number of hydrogen-bond acceptors (Lipinski definition) is 7. The summed E-state index contributed by atoms with van der Waals surface area (Å²) in [7, 11) is 6.58. The molecule has 0 saturated heterocycles. The smallest absolute Gasteiger partial charge is 0.478 e. The highest BCUT2D eigenvalue weighted by Crippen LogP contribution is 2.33. The number of fused-ring (bicyclic) bond motifs is 2. The number of rotatable bonds is 4. The van der Waals surface area contributed by atoms with Crippen LogP contribution < -0.4 is 15.4 Å². The first kappa shape index (κ1) is 26.5. The van der Waals surface area contributed by atoms with Crippen LogP contribution in [-0.2, 0) is 7.05 Å². The summed E-state index contributed by atoms with van der Waals surface area (Å²) in [4.78, 5) is 31.4. The Hall–Kier alpha value is -4.14. The summed E-state index contributed by atoms with van der Waals surface area (Å²) in [6.45, 7) is 0. The minimum atomic E-state index is -4.80. The largest absolute Gasteiger partial charge is 0.573 e. The first-order valence-electron chi connectivity index (χ1n) is 10.0. The molecule has 0 bridgehead atoms. The molecule has 4 aromatic rings. The fraction of sp³-hybridized carbons (Fsp3) is 0.238. The van der Waals surface area contributed by atoms with E-state index in [1.54, 1.807) is 28.2 Å². The van der Waals surface area contributed by atoms with Gasteiger partial charge in [0.15, 0.2) is 5.13 Å². The second-order valence-electron chi connectivity index (χ2n) is 7.39. The van der Waals surface area contributed by atoms with E-state index in [9.17, 15) is 27.2 Å². The zero-order valence-corrected chi connectivity index (χ0v) is 20.1. The number of aromatic carboxylic acids is 1. The van der Waals surface area contributed by atoms with E-state index in [0.29, 0.717) is 20.9 Å². The zero-order chi connectivity index (χ0) is 26.8. The van der Waals surface area contributed by atoms with Gasteiger partial charge in [0.1, 0.15) is 11.6 Å². The second kappa shape index (κ2) is 10.2. The van der Waals surface area contributed by atoms with E-state index >= 15 is 0 Å². The molecule has 2 heterocycles. The first-order chi connectivity index (χ1) is 16.8. The average Bonchev–Trinajstić information content (AvgIpc) is 3.31. The molecule has 0 atom stereocenters. The monoisotopic (exact) mass is 528 g/mol. The number of amides is 2. The molecule has 0 aliphatic carbocycles. The van der Waals surface area contributed by atoms with Gasteiger partial charge in [-0.3, -0.25) is 0 Å². The Morgan fingerprint density at radius 1 is 1.14 bits per heavy atom. The van der Waals surface area contributed by atoms with Crippen LogP contribution in [0.4, 0.5) is 33.4 Å². The van der Waals surface area contributed by atoms with E-state index in [-0.39, 0.29) is 23.2 Å². The molecular formula is C21H20F4N6O4S. The van der Waals surface area contributed by atoms with E-state index in [4.69, 9.17) is 5.11 Å². The fourth-order valence-electron chi connectivity index (χ4n) is 2.96. The quantitative estimate of drug-likeness (QED) is 0.332. The van der Waals surface area contributed by atoms with E-state index in [0.717, 1.165) is 29.5 Å². The van der Waals surface area contributed by atoms with Crippen molar-refractivity contribution in [3.05, 3.63) is 41.7 Å². The summed E-state index contributed by atoms with van der Waals surface area (Å²) in [5.41, 5.74) is 0.567. The van der Waals surface area contributed by atoms with E-state index in [2.05, 4.69) is 25.3 Å². The zero-order valence-electron chi connectivity index (χ0n) is 19.3. The van der Waals surface area contributed by atoms with Gasteiger partial charge in [0.25, 0.3) is 0 Å². The maximum Gasteiger partial charge on any atom is 0.573 e. The molecule has 2 aromatic carbocycles. The Labute approximate surface area is 205 Å². The van der Waals surface area contributed by atoms with Crippen LogP contribution in [0.15, 0.2) is 30.3 Å². The predicted octanol–water partition coefficient (Wildman–Crippen LogP) is 4.55. The molecule has 0 spiro atoms. The molecule has 4 rings (SSSR count). The number of benzene rings is 2. The molecule has 2 aromatic heterocycles. The first-order valence-corrected chi connectivity index (χ1v) is 10.8. The highest BCUT2D eigenvalue weighted by molar-refractivity contribution is 7.22. The van der Waals surface area contributed by atoms with Crippen LogP contribution in [0.5, 0.6) is 5.75 Å². The summed E-state index contributed by atoms with van der Waals surface area (Å²) < 4.78 is 56.9. The number of carbonyl (C=O) groups is 2. The van der Waals surface area contributed by atoms with Gasteiger partial charge < -0.3 is 29.9 Å². The van der Waals surface area contributed by atoms with Crippen LogP contribution in [0.2, 0.25) is 0 Å². The molecule has 192 valence electrons. The summed E-state index contributed by atoms with van der Waals surface area (Å²) in [5, 5.41) is 14.7. The Morgan fingerprint density at radius 2 is 1.83 bits per heavy atom. The van der Waals surface area contributed by atoms with Crippen LogP contribution in [0.1, 0.15) is 10.4 Å². The van der Waals surface area contributed by atoms with Crippen LogP contribution in [0.3, 0.4) is 0 Å². The number of urea groups is 1. The van der Waals surface area contributed by atoms with Gasteiger partial charge >= 0.3 is 18.4 Å². The molecule has 0 fully saturated rings. The lowest BCUT2D eigenvalue weighted by Crippen LogP contribution is -2.31. The van der Waals surface area contributed by atoms with E-state index in [1.165, 1.54) is 21.6 Å². The Kier molecular flexibility index (Phi) is 7.52. The lowest BCUT2D eigenvalue weighted by molar-refractivity contribution is -0.274. The predicted molar refractivity (Wildman–Crippen MR) is 125 cm³/mol. The van der Waals surface area contributed by atoms with Crippen molar-refractivity contribution in [1.29, 1.82) is 0 Å². The molecule has 15 heteroatoms.